The second-order valence-corrected chi connectivity index (χ2v) is 4.06. The molecule has 2 nitrogen and oxygen atoms in total. The Kier molecular flexibility index (Phi) is 1.79. The summed E-state index contributed by atoms with van der Waals surface area (Å²) in [4.78, 5) is 6.91. The van der Waals surface area contributed by atoms with Crippen LogP contribution in [0.2, 0.25) is 0 Å². The Morgan fingerprint density at radius 2 is 2.29 bits per heavy atom. The van der Waals surface area contributed by atoms with E-state index < -0.39 is 0 Å². The maximum absolute atomic E-state index is 4.44. The standard InChI is InChI=1S/C12H14N2/c1-2-9-13-12(6-1)14-10-4-3-5-11(14)8-7-10/h1-4,6,9-11H,5,7-8H2. The van der Waals surface area contributed by atoms with Crippen molar-refractivity contribution in [2.45, 2.75) is 31.3 Å². The lowest BCUT2D eigenvalue weighted by atomic mass is 10.1. The lowest BCUT2D eigenvalue weighted by Gasteiger charge is -2.32. The summed E-state index contributed by atoms with van der Waals surface area (Å²) in [7, 11) is 0. The number of rotatable bonds is 1. The minimum absolute atomic E-state index is 0.601. The second-order valence-electron chi connectivity index (χ2n) is 4.06. The molecule has 2 unspecified atom stereocenters. The molecule has 1 fully saturated rings. The van der Waals surface area contributed by atoms with Crippen LogP contribution in [0.25, 0.3) is 0 Å². The van der Waals surface area contributed by atoms with Gasteiger partial charge in [0.15, 0.2) is 0 Å². The number of aromatic nitrogens is 1. The highest BCUT2D eigenvalue weighted by molar-refractivity contribution is 5.45. The van der Waals surface area contributed by atoms with Gasteiger partial charge in [0.1, 0.15) is 5.82 Å². The average molecular weight is 186 g/mol. The third kappa shape index (κ3) is 1.14. The lowest BCUT2D eigenvalue weighted by molar-refractivity contribution is 0.641. The molecule has 2 bridgehead atoms. The third-order valence-electron chi connectivity index (χ3n) is 3.23. The molecule has 14 heavy (non-hydrogen) atoms. The zero-order chi connectivity index (χ0) is 9.38. The summed E-state index contributed by atoms with van der Waals surface area (Å²) < 4.78 is 0. The van der Waals surface area contributed by atoms with E-state index >= 15 is 0 Å². The summed E-state index contributed by atoms with van der Waals surface area (Å²) >= 11 is 0. The number of pyridine rings is 1. The highest BCUT2D eigenvalue weighted by Gasteiger charge is 2.34. The van der Waals surface area contributed by atoms with Crippen LogP contribution in [-0.2, 0) is 0 Å². The van der Waals surface area contributed by atoms with Crippen LogP contribution < -0.4 is 4.90 Å². The molecule has 1 saturated heterocycles. The van der Waals surface area contributed by atoms with Gasteiger partial charge >= 0.3 is 0 Å². The zero-order valence-electron chi connectivity index (χ0n) is 8.13. The molecule has 0 amide bonds. The molecule has 2 heteroatoms. The minimum Gasteiger partial charge on any atom is -0.347 e. The molecule has 3 heterocycles. The molecule has 0 aliphatic carbocycles. The van der Waals surface area contributed by atoms with Gasteiger partial charge in [-0.15, -0.1) is 0 Å². The highest BCUT2D eigenvalue weighted by atomic mass is 15.3. The Labute approximate surface area is 84.3 Å². The van der Waals surface area contributed by atoms with Crippen molar-refractivity contribution in [3.8, 4) is 0 Å². The number of hydrogen-bond acceptors (Lipinski definition) is 2. The van der Waals surface area contributed by atoms with Gasteiger partial charge in [0.05, 0.1) is 0 Å². The zero-order valence-corrected chi connectivity index (χ0v) is 8.13. The van der Waals surface area contributed by atoms with Crippen molar-refractivity contribution in [3.05, 3.63) is 36.5 Å². The molecule has 1 aromatic heterocycles. The van der Waals surface area contributed by atoms with E-state index in [0.717, 1.165) is 5.82 Å². The first-order valence-corrected chi connectivity index (χ1v) is 5.31. The highest BCUT2D eigenvalue weighted by Crippen LogP contribution is 2.34. The first-order chi connectivity index (χ1) is 6.95. The number of anilines is 1. The monoisotopic (exact) mass is 186 g/mol. The summed E-state index contributed by atoms with van der Waals surface area (Å²) in [6.45, 7) is 0. The molecule has 2 aliphatic rings. The van der Waals surface area contributed by atoms with Crippen LogP contribution in [0, 0.1) is 0 Å². The van der Waals surface area contributed by atoms with Gasteiger partial charge in [-0.25, -0.2) is 4.98 Å². The molecule has 0 aromatic carbocycles. The van der Waals surface area contributed by atoms with Crippen molar-refractivity contribution in [2.24, 2.45) is 0 Å². The van der Waals surface area contributed by atoms with E-state index in [1.807, 2.05) is 12.3 Å². The molecule has 2 aliphatic heterocycles. The number of hydrogen-bond donors (Lipinski definition) is 0. The summed E-state index contributed by atoms with van der Waals surface area (Å²) in [5, 5.41) is 0. The van der Waals surface area contributed by atoms with Gasteiger partial charge in [-0.3, -0.25) is 0 Å². The Hall–Kier alpha value is -1.31. The van der Waals surface area contributed by atoms with Crippen LogP contribution in [0.3, 0.4) is 0 Å². The molecular weight excluding hydrogens is 172 g/mol. The molecular formula is C12H14N2. The molecule has 2 atom stereocenters. The maximum atomic E-state index is 4.44. The third-order valence-corrected chi connectivity index (χ3v) is 3.23. The largest absolute Gasteiger partial charge is 0.347 e. The minimum atomic E-state index is 0.601. The van der Waals surface area contributed by atoms with Gasteiger partial charge in [0.2, 0.25) is 0 Å². The fourth-order valence-corrected chi connectivity index (χ4v) is 2.59. The van der Waals surface area contributed by atoms with Gasteiger partial charge in [-0.2, -0.15) is 0 Å². The molecule has 0 radical (unpaired) electrons. The smallest absolute Gasteiger partial charge is 0.129 e. The van der Waals surface area contributed by atoms with E-state index in [1.54, 1.807) is 0 Å². The van der Waals surface area contributed by atoms with Crippen molar-refractivity contribution >= 4 is 5.82 Å². The van der Waals surface area contributed by atoms with E-state index in [4.69, 9.17) is 0 Å². The quantitative estimate of drug-likeness (QED) is 0.626. The fraction of sp³-hybridized carbons (Fsp3) is 0.417. The SMILES string of the molecule is C1=CC2CCC(C1)N2c1ccccn1. The Bertz CT molecular complexity index is 345. The molecule has 0 spiro atoms. The summed E-state index contributed by atoms with van der Waals surface area (Å²) in [5.74, 6) is 1.14. The fourth-order valence-electron chi connectivity index (χ4n) is 2.59. The Morgan fingerprint density at radius 3 is 3.07 bits per heavy atom. The predicted octanol–water partition coefficient (Wildman–Crippen LogP) is 2.38. The first kappa shape index (κ1) is 8.04. The van der Waals surface area contributed by atoms with E-state index in [0.29, 0.717) is 12.1 Å². The van der Waals surface area contributed by atoms with Crippen LogP contribution in [0.5, 0.6) is 0 Å². The summed E-state index contributed by atoms with van der Waals surface area (Å²) in [6.07, 6.45) is 10.3. The number of fused-ring (bicyclic) bond motifs is 2. The van der Waals surface area contributed by atoms with E-state index in [-0.39, 0.29) is 0 Å². The van der Waals surface area contributed by atoms with Crippen molar-refractivity contribution in [1.82, 2.24) is 4.98 Å². The van der Waals surface area contributed by atoms with Gasteiger partial charge in [-0.1, -0.05) is 18.2 Å². The van der Waals surface area contributed by atoms with Crippen LogP contribution in [-0.4, -0.2) is 17.1 Å². The lowest BCUT2D eigenvalue weighted by Crippen LogP contribution is -2.37. The van der Waals surface area contributed by atoms with Crippen LogP contribution >= 0.6 is 0 Å². The van der Waals surface area contributed by atoms with E-state index in [9.17, 15) is 0 Å². The van der Waals surface area contributed by atoms with E-state index in [1.165, 1.54) is 19.3 Å². The molecule has 0 N–H and O–H groups in total. The molecule has 3 rings (SSSR count). The summed E-state index contributed by atoms with van der Waals surface area (Å²) in [5.41, 5.74) is 0. The normalized spacial score (nSPS) is 29.6. The molecule has 0 saturated carbocycles. The maximum Gasteiger partial charge on any atom is 0.129 e. The van der Waals surface area contributed by atoms with Crippen molar-refractivity contribution in [2.75, 3.05) is 4.90 Å². The predicted molar refractivity (Wildman–Crippen MR) is 57.3 cm³/mol. The van der Waals surface area contributed by atoms with Crippen LogP contribution in [0.4, 0.5) is 5.82 Å². The van der Waals surface area contributed by atoms with Crippen molar-refractivity contribution < 1.29 is 0 Å². The van der Waals surface area contributed by atoms with Gasteiger partial charge < -0.3 is 4.90 Å². The number of nitrogens with zero attached hydrogens (tertiary/aromatic N) is 2. The summed E-state index contributed by atoms with van der Waals surface area (Å²) in [6, 6.07) is 7.46. The van der Waals surface area contributed by atoms with Crippen molar-refractivity contribution in [3.63, 3.8) is 0 Å². The van der Waals surface area contributed by atoms with Crippen LogP contribution in [0.1, 0.15) is 19.3 Å². The van der Waals surface area contributed by atoms with Gasteiger partial charge in [0.25, 0.3) is 0 Å². The Balaban J connectivity index is 1.96. The average Bonchev–Trinajstić information content (AvgIpc) is 2.50. The van der Waals surface area contributed by atoms with E-state index in [2.05, 4.69) is 34.2 Å². The Morgan fingerprint density at radius 1 is 1.29 bits per heavy atom. The second kappa shape index (κ2) is 3.12. The van der Waals surface area contributed by atoms with Crippen molar-refractivity contribution in [1.29, 1.82) is 0 Å². The first-order valence-electron chi connectivity index (χ1n) is 5.31. The van der Waals surface area contributed by atoms with Gasteiger partial charge in [-0.05, 0) is 31.4 Å². The van der Waals surface area contributed by atoms with Crippen LogP contribution in [0.15, 0.2) is 36.5 Å². The van der Waals surface area contributed by atoms with Gasteiger partial charge in [0, 0.05) is 18.3 Å². The molecule has 72 valence electrons. The molecule has 1 aromatic rings. The topological polar surface area (TPSA) is 16.1 Å².